The normalized spacial score (nSPS) is 19.0. The minimum Gasteiger partial charge on any atom is -0.397 e. The van der Waals surface area contributed by atoms with Crippen molar-refractivity contribution < 1.29 is 8.42 Å². The Hall–Kier alpha value is -1.27. The molecule has 0 saturated carbocycles. The zero-order chi connectivity index (χ0) is 15.8. The summed E-state index contributed by atoms with van der Waals surface area (Å²) >= 11 is 0. The van der Waals surface area contributed by atoms with Crippen LogP contribution in [0.3, 0.4) is 0 Å². The lowest BCUT2D eigenvalue weighted by atomic mass is 9.82. The lowest BCUT2D eigenvalue weighted by Crippen LogP contribution is -2.37. The molecule has 1 saturated heterocycles. The Morgan fingerprint density at radius 3 is 2.24 bits per heavy atom. The van der Waals surface area contributed by atoms with Crippen molar-refractivity contribution in [1.82, 2.24) is 4.31 Å². The third-order valence-corrected chi connectivity index (χ3v) is 6.05. The van der Waals surface area contributed by atoms with Crippen LogP contribution in [0.5, 0.6) is 0 Å². The standard InChI is InChI=1S/C15H25N3O2S/c1-15(2)7-9-18(10-8-15)14-6-5-12(11-13(14)16)21(19,20)17(3)4/h5-6,11H,7-10,16H2,1-4H3. The first-order chi connectivity index (χ1) is 9.63. The maximum atomic E-state index is 12.1. The molecule has 5 nitrogen and oxygen atoms in total. The first kappa shape index (κ1) is 16.1. The minimum absolute atomic E-state index is 0.242. The lowest BCUT2D eigenvalue weighted by molar-refractivity contribution is 0.280. The molecule has 118 valence electrons. The van der Waals surface area contributed by atoms with Crippen LogP contribution in [0.4, 0.5) is 11.4 Å². The van der Waals surface area contributed by atoms with Gasteiger partial charge in [-0.2, -0.15) is 0 Å². The number of benzene rings is 1. The van der Waals surface area contributed by atoms with Gasteiger partial charge in [0.15, 0.2) is 0 Å². The second kappa shape index (κ2) is 5.50. The predicted octanol–water partition coefficient (Wildman–Crippen LogP) is 2.15. The Kier molecular flexibility index (Phi) is 4.22. The molecule has 21 heavy (non-hydrogen) atoms. The van der Waals surface area contributed by atoms with Crippen LogP contribution in [-0.4, -0.2) is 39.9 Å². The zero-order valence-corrected chi connectivity index (χ0v) is 14.1. The summed E-state index contributed by atoms with van der Waals surface area (Å²) in [6.45, 7) is 6.47. The van der Waals surface area contributed by atoms with Crippen molar-refractivity contribution in [2.45, 2.75) is 31.6 Å². The van der Waals surface area contributed by atoms with Gasteiger partial charge in [-0.1, -0.05) is 13.8 Å². The lowest BCUT2D eigenvalue weighted by Gasteiger charge is -2.38. The van der Waals surface area contributed by atoms with Crippen LogP contribution in [0.15, 0.2) is 23.1 Å². The fraction of sp³-hybridized carbons (Fsp3) is 0.600. The van der Waals surface area contributed by atoms with Gasteiger partial charge in [-0.15, -0.1) is 0 Å². The van der Waals surface area contributed by atoms with Crippen molar-refractivity contribution >= 4 is 21.4 Å². The number of sulfonamides is 1. The van der Waals surface area contributed by atoms with Gasteiger partial charge >= 0.3 is 0 Å². The molecule has 1 aliphatic heterocycles. The quantitative estimate of drug-likeness (QED) is 0.869. The van der Waals surface area contributed by atoms with E-state index in [1.165, 1.54) is 18.4 Å². The summed E-state index contributed by atoms with van der Waals surface area (Å²) in [7, 11) is -0.391. The molecule has 0 spiro atoms. The van der Waals surface area contributed by atoms with Gasteiger partial charge in [0.25, 0.3) is 0 Å². The predicted molar refractivity (Wildman–Crippen MR) is 87.0 cm³/mol. The van der Waals surface area contributed by atoms with E-state index < -0.39 is 10.0 Å². The Morgan fingerprint density at radius 1 is 1.19 bits per heavy atom. The first-order valence-electron chi connectivity index (χ1n) is 7.20. The summed E-state index contributed by atoms with van der Waals surface area (Å²) < 4.78 is 25.4. The number of hydrogen-bond donors (Lipinski definition) is 1. The van der Waals surface area contributed by atoms with E-state index >= 15 is 0 Å². The van der Waals surface area contributed by atoms with Crippen molar-refractivity contribution in [3.05, 3.63) is 18.2 Å². The Bertz CT molecular complexity index is 614. The molecule has 0 aliphatic carbocycles. The van der Waals surface area contributed by atoms with Crippen LogP contribution in [-0.2, 0) is 10.0 Å². The van der Waals surface area contributed by atoms with E-state index in [-0.39, 0.29) is 4.90 Å². The van der Waals surface area contributed by atoms with Gasteiger partial charge in [0, 0.05) is 27.2 Å². The monoisotopic (exact) mass is 311 g/mol. The Balaban J connectivity index is 2.25. The molecule has 2 N–H and O–H groups in total. The molecule has 0 unspecified atom stereocenters. The van der Waals surface area contributed by atoms with Gasteiger partial charge in [-0.05, 0) is 36.5 Å². The Morgan fingerprint density at radius 2 is 1.76 bits per heavy atom. The number of anilines is 2. The second-order valence-corrected chi connectivity index (χ2v) is 8.81. The number of nitrogen functional groups attached to an aromatic ring is 1. The molecule has 1 heterocycles. The average Bonchev–Trinajstić information content (AvgIpc) is 2.39. The highest BCUT2D eigenvalue weighted by Gasteiger charge is 2.27. The van der Waals surface area contributed by atoms with E-state index in [0.29, 0.717) is 11.1 Å². The van der Waals surface area contributed by atoms with Gasteiger partial charge in [0.2, 0.25) is 10.0 Å². The van der Waals surface area contributed by atoms with Gasteiger partial charge < -0.3 is 10.6 Å². The van der Waals surface area contributed by atoms with E-state index in [4.69, 9.17) is 5.73 Å². The highest BCUT2D eigenvalue weighted by Crippen LogP contribution is 2.35. The highest BCUT2D eigenvalue weighted by molar-refractivity contribution is 7.89. The SMILES string of the molecule is CN(C)S(=O)(=O)c1ccc(N2CCC(C)(C)CC2)c(N)c1. The number of hydrogen-bond acceptors (Lipinski definition) is 4. The maximum absolute atomic E-state index is 12.1. The van der Waals surface area contributed by atoms with Crippen molar-refractivity contribution in [2.75, 3.05) is 37.8 Å². The smallest absolute Gasteiger partial charge is 0.242 e. The zero-order valence-electron chi connectivity index (χ0n) is 13.3. The molecule has 1 aromatic carbocycles. The number of nitrogens with two attached hydrogens (primary N) is 1. The fourth-order valence-corrected chi connectivity index (χ4v) is 3.48. The summed E-state index contributed by atoms with van der Waals surface area (Å²) in [5, 5.41) is 0. The van der Waals surface area contributed by atoms with Crippen LogP contribution in [0, 0.1) is 5.41 Å². The van der Waals surface area contributed by atoms with Crippen LogP contribution in [0.1, 0.15) is 26.7 Å². The maximum Gasteiger partial charge on any atom is 0.242 e. The molecule has 0 aromatic heterocycles. The summed E-state index contributed by atoms with van der Waals surface area (Å²) in [4.78, 5) is 2.48. The molecular formula is C15H25N3O2S. The topological polar surface area (TPSA) is 66.6 Å². The van der Waals surface area contributed by atoms with Crippen LogP contribution in [0.2, 0.25) is 0 Å². The summed E-state index contributed by atoms with van der Waals surface area (Å²) in [6, 6.07) is 5.02. The second-order valence-electron chi connectivity index (χ2n) is 6.66. The van der Waals surface area contributed by atoms with Gasteiger partial charge in [-0.3, -0.25) is 0 Å². The molecule has 0 bridgehead atoms. The van der Waals surface area contributed by atoms with Crippen LogP contribution in [0.25, 0.3) is 0 Å². The van der Waals surface area contributed by atoms with Gasteiger partial charge in [0.05, 0.1) is 16.3 Å². The van der Waals surface area contributed by atoms with Gasteiger partial charge in [-0.25, -0.2) is 12.7 Å². The van der Waals surface area contributed by atoms with E-state index in [1.807, 2.05) is 6.07 Å². The highest BCUT2D eigenvalue weighted by atomic mass is 32.2. The van der Waals surface area contributed by atoms with Crippen molar-refractivity contribution in [3.63, 3.8) is 0 Å². The average molecular weight is 311 g/mol. The number of piperidine rings is 1. The Labute approximate surface area is 127 Å². The molecule has 1 fully saturated rings. The van der Waals surface area contributed by atoms with Gasteiger partial charge in [0.1, 0.15) is 0 Å². The van der Waals surface area contributed by atoms with E-state index in [1.54, 1.807) is 12.1 Å². The van der Waals surface area contributed by atoms with Crippen LogP contribution >= 0.6 is 0 Å². The molecule has 1 aromatic rings. The van der Waals surface area contributed by atoms with Crippen molar-refractivity contribution in [1.29, 1.82) is 0 Å². The molecule has 0 amide bonds. The van der Waals surface area contributed by atoms with E-state index in [0.717, 1.165) is 31.6 Å². The third kappa shape index (κ3) is 3.32. The minimum atomic E-state index is -3.43. The van der Waals surface area contributed by atoms with Crippen LogP contribution < -0.4 is 10.6 Å². The summed E-state index contributed by atoms with van der Waals surface area (Å²) in [5.74, 6) is 0. The van der Waals surface area contributed by atoms with E-state index in [2.05, 4.69) is 18.7 Å². The molecule has 6 heteroatoms. The number of nitrogens with zero attached hydrogens (tertiary/aromatic N) is 2. The third-order valence-electron chi connectivity index (χ3n) is 4.24. The van der Waals surface area contributed by atoms with Crippen molar-refractivity contribution in [2.24, 2.45) is 5.41 Å². The first-order valence-corrected chi connectivity index (χ1v) is 8.64. The molecule has 0 radical (unpaired) electrons. The summed E-state index contributed by atoms with van der Waals surface area (Å²) in [6.07, 6.45) is 2.23. The van der Waals surface area contributed by atoms with E-state index in [9.17, 15) is 8.42 Å². The molecule has 0 atom stereocenters. The van der Waals surface area contributed by atoms with Crippen molar-refractivity contribution in [3.8, 4) is 0 Å². The largest absolute Gasteiger partial charge is 0.397 e. The fourth-order valence-electron chi connectivity index (χ4n) is 2.54. The molecule has 2 rings (SSSR count). The molecular weight excluding hydrogens is 286 g/mol. The summed E-state index contributed by atoms with van der Waals surface area (Å²) in [5.41, 5.74) is 7.93. The molecule has 1 aliphatic rings. The number of rotatable bonds is 3.